The molecule has 2 unspecified atom stereocenters. The van der Waals surface area contributed by atoms with Crippen LogP contribution in [0.2, 0.25) is 0 Å². The van der Waals surface area contributed by atoms with Crippen molar-refractivity contribution in [3.63, 3.8) is 0 Å². The number of nitrogens with one attached hydrogen (secondary N) is 1. The Morgan fingerprint density at radius 1 is 1.06 bits per heavy atom. The van der Waals surface area contributed by atoms with Gasteiger partial charge in [-0.2, -0.15) is 17.4 Å². The molecule has 0 aromatic heterocycles. The molecule has 2 bridgehead atoms. The lowest BCUT2D eigenvalue weighted by Gasteiger charge is -2.31. The van der Waals surface area contributed by atoms with E-state index in [2.05, 4.69) is 4.72 Å². The number of rotatable bonds is 3. The van der Waals surface area contributed by atoms with Gasteiger partial charge in [0.25, 0.3) is 10.2 Å². The molecule has 3 rings (SSSR count). The molecule has 5 nitrogen and oxygen atoms in total. The highest BCUT2D eigenvalue weighted by molar-refractivity contribution is 7.87. The van der Waals surface area contributed by atoms with E-state index in [4.69, 9.17) is 5.73 Å². The first-order chi connectivity index (χ1) is 8.54. The Labute approximate surface area is 109 Å². The number of hydrogen-bond donors (Lipinski definition) is 2. The molecule has 0 aromatic carbocycles. The Morgan fingerprint density at radius 2 is 1.78 bits per heavy atom. The van der Waals surface area contributed by atoms with E-state index in [-0.39, 0.29) is 18.1 Å². The minimum atomic E-state index is -3.27. The third-order valence-corrected chi connectivity index (χ3v) is 6.45. The fourth-order valence-corrected chi connectivity index (χ4v) is 5.47. The van der Waals surface area contributed by atoms with Crippen molar-refractivity contribution in [3.8, 4) is 0 Å². The van der Waals surface area contributed by atoms with Gasteiger partial charge in [0, 0.05) is 24.7 Å². The molecule has 18 heavy (non-hydrogen) atoms. The molecule has 6 heteroatoms. The van der Waals surface area contributed by atoms with Crippen molar-refractivity contribution in [1.29, 1.82) is 0 Å². The fourth-order valence-electron chi connectivity index (χ4n) is 3.69. The van der Waals surface area contributed by atoms with Gasteiger partial charge in [0.1, 0.15) is 0 Å². The van der Waals surface area contributed by atoms with E-state index >= 15 is 0 Å². The van der Waals surface area contributed by atoms with Crippen LogP contribution in [0, 0.1) is 5.92 Å². The Morgan fingerprint density at radius 3 is 2.33 bits per heavy atom. The molecule has 3 fully saturated rings. The van der Waals surface area contributed by atoms with Crippen LogP contribution in [0.1, 0.15) is 44.9 Å². The number of piperidine rings is 1. The summed E-state index contributed by atoms with van der Waals surface area (Å²) in [6, 6.07) is 0.612. The Hall–Kier alpha value is -0.170. The molecule has 1 saturated heterocycles. The number of fused-ring (bicyclic) bond motifs is 2. The number of nitrogens with two attached hydrogens (primary N) is 1. The summed E-state index contributed by atoms with van der Waals surface area (Å²) in [7, 11) is -3.27. The molecule has 2 aliphatic carbocycles. The van der Waals surface area contributed by atoms with Crippen LogP contribution in [0.5, 0.6) is 0 Å². The van der Waals surface area contributed by atoms with Crippen molar-refractivity contribution in [2.75, 3.05) is 6.54 Å². The largest absolute Gasteiger partial charge is 0.328 e. The topological polar surface area (TPSA) is 75.4 Å². The summed E-state index contributed by atoms with van der Waals surface area (Å²) in [5, 5.41) is 0. The summed E-state index contributed by atoms with van der Waals surface area (Å²) in [5.74, 6) is 0.603. The molecular weight excluding hydrogens is 250 g/mol. The van der Waals surface area contributed by atoms with E-state index in [0.29, 0.717) is 5.92 Å². The molecule has 0 aromatic rings. The second-order valence-electron chi connectivity index (χ2n) is 6.14. The van der Waals surface area contributed by atoms with Crippen LogP contribution in [-0.2, 0) is 10.2 Å². The predicted octanol–water partition coefficient (Wildman–Crippen LogP) is 0.575. The third-order valence-electron chi connectivity index (χ3n) is 4.76. The van der Waals surface area contributed by atoms with Gasteiger partial charge in [0.15, 0.2) is 0 Å². The van der Waals surface area contributed by atoms with Crippen LogP contribution >= 0.6 is 0 Å². The summed E-state index contributed by atoms with van der Waals surface area (Å²) in [4.78, 5) is 0. The van der Waals surface area contributed by atoms with Gasteiger partial charge in [0.2, 0.25) is 0 Å². The Kier molecular flexibility index (Phi) is 3.38. The minimum Gasteiger partial charge on any atom is -0.328 e. The standard InChI is InChI=1S/C12H23N3O2S/c13-10-2-4-11(5-3-10)14-18(16,17)15-8-9-1-6-12(15)7-9/h9-12,14H,1-8,13H2. The van der Waals surface area contributed by atoms with Gasteiger partial charge in [-0.1, -0.05) is 0 Å². The fraction of sp³-hybridized carbons (Fsp3) is 1.00. The van der Waals surface area contributed by atoms with Crippen molar-refractivity contribution >= 4 is 10.2 Å². The zero-order valence-corrected chi connectivity index (χ0v) is 11.5. The van der Waals surface area contributed by atoms with E-state index in [9.17, 15) is 8.42 Å². The minimum absolute atomic E-state index is 0.0916. The summed E-state index contributed by atoms with van der Waals surface area (Å²) in [6.45, 7) is 0.728. The molecular formula is C12H23N3O2S. The average molecular weight is 273 g/mol. The molecule has 0 amide bonds. The number of nitrogens with zero attached hydrogens (tertiary/aromatic N) is 1. The van der Waals surface area contributed by atoms with E-state index in [1.54, 1.807) is 4.31 Å². The maximum absolute atomic E-state index is 12.4. The summed E-state index contributed by atoms with van der Waals surface area (Å²) in [5.41, 5.74) is 5.84. The molecule has 0 radical (unpaired) electrons. The highest BCUT2D eigenvalue weighted by Gasteiger charge is 2.44. The Bertz CT molecular complexity index is 404. The molecule has 1 heterocycles. The second-order valence-corrected chi connectivity index (χ2v) is 7.79. The van der Waals surface area contributed by atoms with Crippen LogP contribution in [0.3, 0.4) is 0 Å². The van der Waals surface area contributed by atoms with Gasteiger partial charge in [-0.3, -0.25) is 0 Å². The van der Waals surface area contributed by atoms with Crippen LogP contribution < -0.4 is 10.5 Å². The highest BCUT2D eigenvalue weighted by Crippen LogP contribution is 2.38. The molecule has 3 N–H and O–H groups in total. The molecule has 2 atom stereocenters. The van der Waals surface area contributed by atoms with Gasteiger partial charge in [0.05, 0.1) is 0 Å². The first-order valence-electron chi connectivity index (χ1n) is 7.09. The van der Waals surface area contributed by atoms with E-state index in [1.807, 2.05) is 0 Å². The molecule has 104 valence electrons. The van der Waals surface area contributed by atoms with Crippen molar-refractivity contribution in [1.82, 2.24) is 9.03 Å². The molecule has 1 aliphatic heterocycles. The lowest BCUT2D eigenvalue weighted by molar-refractivity contribution is 0.314. The smallest absolute Gasteiger partial charge is 0.279 e. The van der Waals surface area contributed by atoms with Crippen LogP contribution in [0.25, 0.3) is 0 Å². The van der Waals surface area contributed by atoms with Gasteiger partial charge in [-0.25, -0.2) is 0 Å². The Balaban J connectivity index is 1.61. The second kappa shape index (κ2) is 4.74. The first kappa shape index (κ1) is 12.8. The molecule has 0 spiro atoms. The van der Waals surface area contributed by atoms with Gasteiger partial charge in [-0.15, -0.1) is 0 Å². The van der Waals surface area contributed by atoms with Crippen molar-refractivity contribution in [2.45, 2.75) is 63.1 Å². The molecule has 2 saturated carbocycles. The zero-order chi connectivity index (χ0) is 12.8. The summed E-state index contributed by atoms with van der Waals surface area (Å²) in [6.07, 6.45) is 6.93. The number of hydrogen-bond acceptors (Lipinski definition) is 3. The quantitative estimate of drug-likeness (QED) is 0.789. The zero-order valence-electron chi connectivity index (χ0n) is 10.7. The summed E-state index contributed by atoms with van der Waals surface area (Å²) >= 11 is 0. The lowest BCUT2D eigenvalue weighted by Crippen LogP contribution is -2.49. The molecule has 3 aliphatic rings. The lowest BCUT2D eigenvalue weighted by atomic mass is 9.93. The average Bonchev–Trinajstić information content (AvgIpc) is 2.94. The van der Waals surface area contributed by atoms with E-state index < -0.39 is 10.2 Å². The van der Waals surface area contributed by atoms with E-state index in [1.165, 1.54) is 6.42 Å². The van der Waals surface area contributed by atoms with Crippen molar-refractivity contribution in [2.24, 2.45) is 11.7 Å². The van der Waals surface area contributed by atoms with Crippen LogP contribution in [0.4, 0.5) is 0 Å². The third kappa shape index (κ3) is 2.43. The maximum Gasteiger partial charge on any atom is 0.279 e. The highest BCUT2D eigenvalue weighted by atomic mass is 32.2. The monoisotopic (exact) mass is 273 g/mol. The van der Waals surface area contributed by atoms with Crippen LogP contribution in [0.15, 0.2) is 0 Å². The first-order valence-corrected chi connectivity index (χ1v) is 8.53. The van der Waals surface area contributed by atoms with Gasteiger partial charge >= 0.3 is 0 Å². The maximum atomic E-state index is 12.4. The van der Waals surface area contributed by atoms with Gasteiger partial charge in [-0.05, 0) is 50.9 Å². The predicted molar refractivity (Wildman–Crippen MR) is 70.1 cm³/mol. The van der Waals surface area contributed by atoms with Crippen LogP contribution in [-0.4, -0.2) is 37.4 Å². The van der Waals surface area contributed by atoms with Crippen molar-refractivity contribution in [3.05, 3.63) is 0 Å². The summed E-state index contributed by atoms with van der Waals surface area (Å²) < 4.78 is 29.3. The van der Waals surface area contributed by atoms with E-state index in [0.717, 1.165) is 45.1 Å². The van der Waals surface area contributed by atoms with Gasteiger partial charge < -0.3 is 5.73 Å². The normalized spacial score (nSPS) is 41.4. The SMILES string of the molecule is NC1CCC(NS(=O)(=O)N2CC3CCC2C3)CC1. The van der Waals surface area contributed by atoms with Crippen molar-refractivity contribution < 1.29 is 8.42 Å².